The Morgan fingerprint density at radius 3 is 2.37 bits per heavy atom. The smallest absolute Gasteiger partial charge is 0.326 e. The SMILES string of the molecule is CC(=O)N[C@H](Cc1cccc(F)c1)C(=O)N[C@H](Cc1ccccc1[N+](=O)[O-])C(=O)O. The number of nitro groups is 1. The molecule has 0 radical (unpaired) electrons. The Balaban J connectivity index is 2.20. The zero-order valence-electron chi connectivity index (χ0n) is 16.0. The standard InChI is InChI=1S/C20H20FN3O6/c1-12(25)22-16(10-13-5-4-7-15(21)9-13)19(26)23-17(20(27)28)11-14-6-2-3-8-18(14)24(29)30/h2-9,16-17H,10-11H2,1H3,(H,22,25)(H,23,26)(H,27,28)/t16-,17-/m1/s1. The maximum atomic E-state index is 13.4. The van der Waals surface area contributed by atoms with Crippen molar-refractivity contribution in [2.75, 3.05) is 0 Å². The van der Waals surface area contributed by atoms with E-state index in [1.807, 2.05) is 0 Å². The summed E-state index contributed by atoms with van der Waals surface area (Å²) in [7, 11) is 0. The highest BCUT2D eigenvalue weighted by atomic mass is 19.1. The van der Waals surface area contributed by atoms with E-state index in [-0.39, 0.29) is 24.1 Å². The first-order valence-corrected chi connectivity index (χ1v) is 8.94. The highest BCUT2D eigenvalue weighted by molar-refractivity contribution is 5.90. The molecule has 0 fully saturated rings. The molecule has 10 heteroatoms. The summed E-state index contributed by atoms with van der Waals surface area (Å²) >= 11 is 0. The van der Waals surface area contributed by atoms with Gasteiger partial charge in [-0.05, 0) is 17.7 Å². The number of nitrogens with zero attached hydrogens (tertiary/aromatic N) is 1. The molecule has 2 aromatic carbocycles. The van der Waals surface area contributed by atoms with E-state index in [1.165, 1.54) is 49.4 Å². The predicted molar refractivity (Wildman–Crippen MR) is 104 cm³/mol. The van der Waals surface area contributed by atoms with Crippen molar-refractivity contribution in [2.24, 2.45) is 0 Å². The van der Waals surface area contributed by atoms with E-state index in [9.17, 15) is 34.0 Å². The average Bonchev–Trinajstić information content (AvgIpc) is 2.66. The van der Waals surface area contributed by atoms with E-state index in [1.54, 1.807) is 6.07 Å². The molecular formula is C20H20FN3O6. The number of carbonyl (C=O) groups excluding carboxylic acids is 2. The lowest BCUT2D eigenvalue weighted by atomic mass is 10.0. The molecule has 2 aromatic rings. The first-order valence-electron chi connectivity index (χ1n) is 8.94. The topological polar surface area (TPSA) is 139 Å². The minimum Gasteiger partial charge on any atom is -0.480 e. The molecule has 2 rings (SSSR count). The molecule has 30 heavy (non-hydrogen) atoms. The second-order valence-electron chi connectivity index (χ2n) is 6.58. The van der Waals surface area contributed by atoms with Crippen molar-refractivity contribution in [3.05, 3.63) is 75.6 Å². The molecule has 0 saturated carbocycles. The largest absolute Gasteiger partial charge is 0.480 e. The highest BCUT2D eigenvalue weighted by Gasteiger charge is 2.28. The molecule has 2 amide bonds. The molecule has 0 heterocycles. The molecular weight excluding hydrogens is 397 g/mol. The average molecular weight is 417 g/mol. The van der Waals surface area contributed by atoms with Crippen molar-refractivity contribution < 1.29 is 28.8 Å². The van der Waals surface area contributed by atoms with E-state index in [0.29, 0.717) is 5.56 Å². The number of hydrogen-bond acceptors (Lipinski definition) is 5. The van der Waals surface area contributed by atoms with Crippen LogP contribution >= 0.6 is 0 Å². The number of nitrogens with one attached hydrogen (secondary N) is 2. The van der Waals surface area contributed by atoms with Crippen LogP contribution in [-0.4, -0.2) is 39.9 Å². The van der Waals surface area contributed by atoms with Gasteiger partial charge in [0.15, 0.2) is 0 Å². The molecule has 158 valence electrons. The van der Waals surface area contributed by atoms with Crippen LogP contribution in [0.3, 0.4) is 0 Å². The van der Waals surface area contributed by atoms with Crippen molar-refractivity contribution in [1.29, 1.82) is 0 Å². The van der Waals surface area contributed by atoms with Crippen molar-refractivity contribution in [1.82, 2.24) is 10.6 Å². The maximum Gasteiger partial charge on any atom is 0.326 e. The minimum atomic E-state index is -1.47. The van der Waals surface area contributed by atoms with Crippen LogP contribution in [0, 0.1) is 15.9 Å². The molecule has 0 aliphatic carbocycles. The van der Waals surface area contributed by atoms with Gasteiger partial charge in [-0.25, -0.2) is 9.18 Å². The zero-order valence-corrected chi connectivity index (χ0v) is 16.0. The number of carboxylic acid groups (broad SMARTS) is 1. The second-order valence-corrected chi connectivity index (χ2v) is 6.58. The monoisotopic (exact) mass is 417 g/mol. The number of carboxylic acids is 1. The zero-order chi connectivity index (χ0) is 22.3. The van der Waals surface area contributed by atoms with Gasteiger partial charge in [-0.1, -0.05) is 30.3 Å². The Morgan fingerprint density at radius 1 is 1.07 bits per heavy atom. The first-order chi connectivity index (χ1) is 14.2. The number of halogens is 1. The fourth-order valence-electron chi connectivity index (χ4n) is 2.91. The van der Waals surface area contributed by atoms with Crippen LogP contribution in [0.5, 0.6) is 0 Å². The summed E-state index contributed by atoms with van der Waals surface area (Å²) in [5.41, 5.74) is 0.294. The van der Waals surface area contributed by atoms with Crippen LogP contribution in [0.25, 0.3) is 0 Å². The fourth-order valence-corrected chi connectivity index (χ4v) is 2.91. The third-order valence-electron chi connectivity index (χ3n) is 4.25. The van der Waals surface area contributed by atoms with Gasteiger partial charge in [0, 0.05) is 31.4 Å². The second kappa shape index (κ2) is 10.1. The molecule has 0 spiro atoms. The number of para-hydroxylation sites is 1. The van der Waals surface area contributed by atoms with E-state index >= 15 is 0 Å². The molecule has 0 bridgehead atoms. The molecule has 0 aromatic heterocycles. The molecule has 9 nitrogen and oxygen atoms in total. The summed E-state index contributed by atoms with van der Waals surface area (Å²) in [4.78, 5) is 46.3. The van der Waals surface area contributed by atoms with Crippen LogP contribution in [-0.2, 0) is 27.2 Å². The Hall–Kier alpha value is -3.82. The van der Waals surface area contributed by atoms with Crippen LogP contribution in [0.4, 0.5) is 10.1 Å². The molecule has 0 saturated heterocycles. The molecule has 2 atom stereocenters. The van der Waals surface area contributed by atoms with Gasteiger partial charge in [-0.3, -0.25) is 19.7 Å². The maximum absolute atomic E-state index is 13.4. The van der Waals surface area contributed by atoms with Crippen LogP contribution in [0.1, 0.15) is 18.1 Å². The lowest BCUT2D eigenvalue weighted by Crippen LogP contribution is -2.52. The number of nitro benzene ring substituents is 1. The van der Waals surface area contributed by atoms with Crippen molar-refractivity contribution in [2.45, 2.75) is 31.8 Å². The third-order valence-corrected chi connectivity index (χ3v) is 4.25. The van der Waals surface area contributed by atoms with Crippen molar-refractivity contribution in [3.63, 3.8) is 0 Å². The highest BCUT2D eigenvalue weighted by Crippen LogP contribution is 2.19. The Morgan fingerprint density at radius 2 is 1.77 bits per heavy atom. The van der Waals surface area contributed by atoms with Crippen LogP contribution < -0.4 is 10.6 Å². The number of rotatable bonds is 9. The lowest BCUT2D eigenvalue weighted by Gasteiger charge is -2.21. The Kier molecular flexibility index (Phi) is 7.56. The summed E-state index contributed by atoms with van der Waals surface area (Å²) in [6.07, 6.45) is -0.397. The van der Waals surface area contributed by atoms with Gasteiger partial charge in [0.1, 0.15) is 17.9 Å². The van der Waals surface area contributed by atoms with Gasteiger partial charge in [0.2, 0.25) is 11.8 Å². The summed E-state index contributed by atoms with van der Waals surface area (Å²) < 4.78 is 13.4. The lowest BCUT2D eigenvalue weighted by molar-refractivity contribution is -0.385. The van der Waals surface area contributed by atoms with Gasteiger partial charge >= 0.3 is 5.97 Å². The van der Waals surface area contributed by atoms with Crippen molar-refractivity contribution in [3.8, 4) is 0 Å². The fraction of sp³-hybridized carbons (Fsp3) is 0.250. The quantitative estimate of drug-likeness (QED) is 0.418. The summed E-state index contributed by atoms with van der Waals surface area (Å²) in [5, 5.41) is 25.3. The number of aliphatic carboxylic acids is 1. The minimum absolute atomic E-state index is 0.0685. The Labute approximate surface area is 171 Å². The summed E-state index contributed by atoms with van der Waals surface area (Å²) in [6.45, 7) is 1.19. The number of hydrogen-bond donors (Lipinski definition) is 3. The van der Waals surface area contributed by atoms with E-state index in [2.05, 4.69) is 10.6 Å². The van der Waals surface area contributed by atoms with Gasteiger partial charge in [-0.2, -0.15) is 0 Å². The summed E-state index contributed by atoms with van der Waals surface area (Å²) in [5.74, 6) is -3.25. The summed E-state index contributed by atoms with van der Waals surface area (Å²) in [6, 6.07) is 8.41. The molecule has 0 unspecified atom stereocenters. The molecule has 0 aliphatic heterocycles. The van der Waals surface area contributed by atoms with E-state index < -0.39 is 40.6 Å². The molecule has 0 aliphatic rings. The Bertz CT molecular complexity index is 965. The normalized spacial score (nSPS) is 12.5. The third kappa shape index (κ3) is 6.36. The number of carbonyl (C=O) groups is 3. The van der Waals surface area contributed by atoms with Gasteiger partial charge in [0.05, 0.1) is 4.92 Å². The first kappa shape index (κ1) is 22.5. The predicted octanol–water partition coefficient (Wildman–Crippen LogP) is 1.59. The molecule has 3 N–H and O–H groups in total. The van der Waals surface area contributed by atoms with Crippen molar-refractivity contribution >= 4 is 23.5 Å². The van der Waals surface area contributed by atoms with Gasteiger partial charge < -0.3 is 15.7 Å². The number of amides is 2. The van der Waals surface area contributed by atoms with E-state index in [0.717, 1.165) is 0 Å². The van der Waals surface area contributed by atoms with Crippen LogP contribution in [0.2, 0.25) is 0 Å². The van der Waals surface area contributed by atoms with Crippen LogP contribution in [0.15, 0.2) is 48.5 Å². The van der Waals surface area contributed by atoms with Gasteiger partial charge in [0.25, 0.3) is 5.69 Å². The van der Waals surface area contributed by atoms with E-state index in [4.69, 9.17) is 0 Å². The number of benzene rings is 2. The van der Waals surface area contributed by atoms with Gasteiger partial charge in [-0.15, -0.1) is 0 Å².